The van der Waals surface area contributed by atoms with Crippen LogP contribution >= 0.6 is 0 Å². The minimum absolute atomic E-state index is 0.134. The molecule has 0 heterocycles. The van der Waals surface area contributed by atoms with Gasteiger partial charge in [-0.15, -0.1) is 0 Å². The lowest BCUT2D eigenvalue weighted by molar-refractivity contribution is 0.102. The smallest absolute Gasteiger partial charge is 0.255 e. The normalized spacial score (nSPS) is 10.4. The van der Waals surface area contributed by atoms with Crippen molar-refractivity contribution in [2.75, 3.05) is 18.5 Å². The average molecular weight is 389 g/mol. The van der Waals surface area contributed by atoms with Crippen LogP contribution in [0.3, 0.4) is 0 Å². The Hall–Kier alpha value is -3.27. The third-order valence-corrected chi connectivity index (χ3v) is 4.51. The van der Waals surface area contributed by atoms with Gasteiger partial charge in [0.1, 0.15) is 24.7 Å². The van der Waals surface area contributed by atoms with E-state index >= 15 is 0 Å². The average Bonchev–Trinajstić information content (AvgIpc) is 2.77. The molecule has 0 aliphatic rings. The van der Waals surface area contributed by atoms with Crippen molar-refractivity contribution in [2.24, 2.45) is 0 Å². The highest BCUT2D eigenvalue weighted by Crippen LogP contribution is 2.16. The zero-order valence-electron chi connectivity index (χ0n) is 16.8. The first kappa shape index (κ1) is 20.5. The van der Waals surface area contributed by atoms with E-state index in [0.717, 1.165) is 17.9 Å². The molecule has 0 aliphatic carbocycles. The SMILES string of the molecule is CCCCc1ccc(NC(=O)c2ccc(OCCOc3ccccc3)cc2)cc1. The highest BCUT2D eigenvalue weighted by molar-refractivity contribution is 6.04. The first-order valence-electron chi connectivity index (χ1n) is 10.1. The first-order valence-corrected chi connectivity index (χ1v) is 10.1. The largest absolute Gasteiger partial charge is 0.490 e. The number of para-hydroxylation sites is 1. The van der Waals surface area contributed by atoms with Gasteiger partial charge < -0.3 is 14.8 Å². The van der Waals surface area contributed by atoms with E-state index in [1.54, 1.807) is 24.3 Å². The molecule has 0 unspecified atom stereocenters. The zero-order valence-corrected chi connectivity index (χ0v) is 16.8. The van der Waals surface area contributed by atoms with Crippen LogP contribution < -0.4 is 14.8 Å². The maximum absolute atomic E-state index is 12.4. The summed E-state index contributed by atoms with van der Waals surface area (Å²) in [7, 11) is 0. The number of carbonyl (C=O) groups is 1. The number of nitrogens with one attached hydrogen (secondary N) is 1. The summed E-state index contributed by atoms with van der Waals surface area (Å²) in [5.74, 6) is 1.39. The second-order valence-electron chi connectivity index (χ2n) is 6.79. The van der Waals surface area contributed by atoms with Crippen LogP contribution in [-0.4, -0.2) is 19.1 Å². The molecule has 4 heteroatoms. The fourth-order valence-electron chi connectivity index (χ4n) is 2.88. The van der Waals surface area contributed by atoms with Crippen LogP contribution in [0.5, 0.6) is 11.5 Å². The van der Waals surface area contributed by atoms with Crippen LogP contribution in [-0.2, 0) is 6.42 Å². The number of carbonyl (C=O) groups excluding carboxylic acids is 1. The van der Waals surface area contributed by atoms with Gasteiger partial charge in [-0.1, -0.05) is 43.7 Å². The molecular formula is C25H27NO3. The highest BCUT2D eigenvalue weighted by atomic mass is 16.5. The molecule has 29 heavy (non-hydrogen) atoms. The Morgan fingerprint density at radius 3 is 2.03 bits per heavy atom. The van der Waals surface area contributed by atoms with Crippen LogP contribution in [0.2, 0.25) is 0 Å². The molecule has 0 aliphatic heterocycles. The summed E-state index contributed by atoms with van der Waals surface area (Å²) in [6, 6.07) is 24.8. The van der Waals surface area contributed by atoms with E-state index in [2.05, 4.69) is 24.4 Å². The van der Waals surface area contributed by atoms with Gasteiger partial charge in [0, 0.05) is 11.3 Å². The fraction of sp³-hybridized carbons (Fsp3) is 0.240. The summed E-state index contributed by atoms with van der Waals surface area (Å²) in [6.07, 6.45) is 3.43. The maximum Gasteiger partial charge on any atom is 0.255 e. The molecule has 150 valence electrons. The molecule has 0 spiro atoms. The number of amides is 1. The molecule has 0 atom stereocenters. The van der Waals surface area contributed by atoms with Crippen molar-refractivity contribution >= 4 is 11.6 Å². The number of unbranched alkanes of at least 4 members (excludes halogenated alkanes) is 1. The van der Waals surface area contributed by atoms with Gasteiger partial charge in [-0.3, -0.25) is 4.79 Å². The van der Waals surface area contributed by atoms with Gasteiger partial charge in [-0.25, -0.2) is 0 Å². The molecule has 1 N–H and O–H groups in total. The maximum atomic E-state index is 12.4. The Morgan fingerprint density at radius 2 is 1.41 bits per heavy atom. The summed E-state index contributed by atoms with van der Waals surface area (Å²) in [4.78, 5) is 12.4. The molecule has 0 radical (unpaired) electrons. The number of anilines is 1. The van der Waals surface area contributed by atoms with Crippen molar-refractivity contribution < 1.29 is 14.3 Å². The van der Waals surface area contributed by atoms with Gasteiger partial charge >= 0.3 is 0 Å². The summed E-state index contributed by atoms with van der Waals surface area (Å²) in [6.45, 7) is 3.08. The number of benzene rings is 3. The second kappa shape index (κ2) is 10.9. The summed E-state index contributed by atoms with van der Waals surface area (Å²) in [5, 5.41) is 2.93. The van der Waals surface area contributed by atoms with E-state index in [-0.39, 0.29) is 5.91 Å². The van der Waals surface area contributed by atoms with Crippen LogP contribution in [0.25, 0.3) is 0 Å². The van der Waals surface area contributed by atoms with Gasteiger partial charge in [0.2, 0.25) is 0 Å². The molecule has 3 aromatic rings. The third kappa shape index (κ3) is 6.68. The molecule has 1 amide bonds. The number of hydrogen-bond donors (Lipinski definition) is 1. The molecule has 4 nitrogen and oxygen atoms in total. The van der Waals surface area contributed by atoms with E-state index in [9.17, 15) is 4.79 Å². The number of aryl methyl sites for hydroxylation is 1. The van der Waals surface area contributed by atoms with Crippen molar-refractivity contribution in [3.8, 4) is 11.5 Å². The van der Waals surface area contributed by atoms with Crippen molar-refractivity contribution in [1.82, 2.24) is 0 Å². The van der Waals surface area contributed by atoms with Crippen LogP contribution in [0.15, 0.2) is 78.9 Å². The van der Waals surface area contributed by atoms with Crippen molar-refractivity contribution in [1.29, 1.82) is 0 Å². The summed E-state index contributed by atoms with van der Waals surface area (Å²) < 4.78 is 11.3. The molecular weight excluding hydrogens is 362 g/mol. The lowest BCUT2D eigenvalue weighted by atomic mass is 10.1. The van der Waals surface area contributed by atoms with Gasteiger partial charge in [0.05, 0.1) is 0 Å². The Balaban J connectivity index is 1.44. The molecule has 0 saturated carbocycles. The number of ether oxygens (including phenoxy) is 2. The predicted molar refractivity (Wildman–Crippen MR) is 117 cm³/mol. The van der Waals surface area contributed by atoms with Gasteiger partial charge in [-0.2, -0.15) is 0 Å². The lowest BCUT2D eigenvalue weighted by Crippen LogP contribution is -2.12. The van der Waals surface area contributed by atoms with E-state index < -0.39 is 0 Å². The van der Waals surface area contributed by atoms with E-state index in [1.165, 1.54) is 18.4 Å². The number of rotatable bonds is 10. The van der Waals surface area contributed by atoms with Crippen LogP contribution in [0.4, 0.5) is 5.69 Å². The lowest BCUT2D eigenvalue weighted by Gasteiger charge is -2.09. The molecule has 0 bridgehead atoms. The molecule has 0 aromatic heterocycles. The first-order chi connectivity index (χ1) is 14.2. The van der Waals surface area contributed by atoms with E-state index in [0.29, 0.717) is 24.5 Å². The Labute approximate surface area is 172 Å². The number of hydrogen-bond acceptors (Lipinski definition) is 3. The molecule has 0 saturated heterocycles. The quantitative estimate of drug-likeness (QED) is 0.450. The minimum atomic E-state index is -0.134. The Kier molecular flexibility index (Phi) is 7.70. The van der Waals surface area contributed by atoms with Crippen molar-refractivity contribution in [3.05, 3.63) is 90.0 Å². The molecule has 0 fully saturated rings. The fourth-order valence-corrected chi connectivity index (χ4v) is 2.88. The van der Waals surface area contributed by atoms with Crippen molar-refractivity contribution in [2.45, 2.75) is 26.2 Å². The van der Waals surface area contributed by atoms with E-state index in [4.69, 9.17) is 9.47 Å². The summed E-state index contributed by atoms with van der Waals surface area (Å²) in [5.41, 5.74) is 2.68. The monoisotopic (exact) mass is 389 g/mol. The standard InChI is InChI=1S/C25H27NO3/c1-2-3-7-20-10-14-22(15-11-20)26-25(27)21-12-16-24(17-13-21)29-19-18-28-23-8-5-4-6-9-23/h4-6,8-17H,2-3,7,18-19H2,1H3,(H,26,27). The highest BCUT2D eigenvalue weighted by Gasteiger charge is 2.06. The van der Waals surface area contributed by atoms with Crippen LogP contribution in [0, 0.1) is 0 Å². The topological polar surface area (TPSA) is 47.6 Å². The minimum Gasteiger partial charge on any atom is -0.490 e. The second-order valence-corrected chi connectivity index (χ2v) is 6.79. The van der Waals surface area contributed by atoms with E-state index in [1.807, 2.05) is 42.5 Å². The van der Waals surface area contributed by atoms with Gasteiger partial charge in [-0.05, 0) is 66.9 Å². The van der Waals surface area contributed by atoms with Crippen molar-refractivity contribution in [3.63, 3.8) is 0 Å². The van der Waals surface area contributed by atoms with Crippen LogP contribution in [0.1, 0.15) is 35.7 Å². The van der Waals surface area contributed by atoms with Gasteiger partial charge in [0.15, 0.2) is 0 Å². The molecule has 3 rings (SSSR count). The Bertz CT molecular complexity index is 874. The summed E-state index contributed by atoms with van der Waals surface area (Å²) >= 11 is 0. The van der Waals surface area contributed by atoms with Gasteiger partial charge in [0.25, 0.3) is 5.91 Å². The third-order valence-electron chi connectivity index (χ3n) is 4.51. The zero-order chi connectivity index (χ0) is 20.3. The Morgan fingerprint density at radius 1 is 0.793 bits per heavy atom. The predicted octanol–water partition coefficient (Wildman–Crippen LogP) is 5.74. The molecule has 3 aromatic carbocycles.